The number of hydrogen-bond acceptors (Lipinski definition) is 3. The van der Waals surface area contributed by atoms with Gasteiger partial charge in [0.1, 0.15) is 0 Å². The first-order chi connectivity index (χ1) is 8.85. The molecular formula is C12H20BrN3O2S. The van der Waals surface area contributed by atoms with Crippen molar-refractivity contribution in [3.05, 3.63) is 28.2 Å². The van der Waals surface area contributed by atoms with Crippen molar-refractivity contribution in [3.63, 3.8) is 0 Å². The Kier molecular flexibility index (Phi) is 6.25. The van der Waals surface area contributed by atoms with Crippen molar-refractivity contribution in [2.75, 3.05) is 31.9 Å². The second-order valence-electron chi connectivity index (χ2n) is 4.40. The summed E-state index contributed by atoms with van der Waals surface area (Å²) >= 11 is 3.35. The molecule has 0 fully saturated rings. The molecule has 0 bridgehead atoms. The lowest BCUT2D eigenvalue weighted by molar-refractivity contribution is 0.462. The van der Waals surface area contributed by atoms with Crippen LogP contribution in [0.1, 0.15) is 12.0 Å². The highest BCUT2D eigenvalue weighted by molar-refractivity contribution is 9.10. The zero-order valence-electron chi connectivity index (χ0n) is 11.4. The van der Waals surface area contributed by atoms with Gasteiger partial charge in [0.05, 0.1) is 5.69 Å². The van der Waals surface area contributed by atoms with E-state index in [0.29, 0.717) is 12.2 Å². The average molecular weight is 350 g/mol. The van der Waals surface area contributed by atoms with Crippen molar-refractivity contribution < 1.29 is 8.42 Å². The van der Waals surface area contributed by atoms with Gasteiger partial charge in [-0.05, 0) is 50.7 Å². The Hall–Kier alpha value is -0.630. The van der Waals surface area contributed by atoms with Crippen LogP contribution >= 0.6 is 15.9 Å². The van der Waals surface area contributed by atoms with Gasteiger partial charge in [0.2, 0.25) is 0 Å². The Balaban J connectivity index is 2.72. The fraction of sp³-hybridized carbons (Fsp3) is 0.500. The molecule has 0 atom stereocenters. The molecule has 0 aliphatic carbocycles. The van der Waals surface area contributed by atoms with Gasteiger partial charge >= 0.3 is 10.2 Å². The van der Waals surface area contributed by atoms with Crippen molar-refractivity contribution in [2.24, 2.45) is 0 Å². The van der Waals surface area contributed by atoms with Crippen molar-refractivity contribution in [1.29, 1.82) is 0 Å². The average Bonchev–Trinajstić information content (AvgIpc) is 2.26. The fourth-order valence-electron chi connectivity index (χ4n) is 1.62. The molecule has 0 aromatic heterocycles. The quantitative estimate of drug-likeness (QED) is 0.739. The second kappa shape index (κ2) is 7.23. The van der Waals surface area contributed by atoms with Crippen molar-refractivity contribution >= 4 is 31.8 Å². The summed E-state index contributed by atoms with van der Waals surface area (Å²) in [5, 5.41) is 2.99. The van der Waals surface area contributed by atoms with Gasteiger partial charge in [0.15, 0.2) is 0 Å². The fourth-order valence-corrected chi connectivity index (χ4v) is 3.17. The number of nitrogens with zero attached hydrogens (tertiary/aromatic N) is 1. The molecular weight excluding hydrogens is 330 g/mol. The molecule has 0 aliphatic rings. The van der Waals surface area contributed by atoms with Gasteiger partial charge in [0, 0.05) is 18.1 Å². The van der Waals surface area contributed by atoms with Crippen LogP contribution in [0.15, 0.2) is 22.7 Å². The van der Waals surface area contributed by atoms with E-state index in [9.17, 15) is 8.42 Å². The first kappa shape index (κ1) is 16.4. The summed E-state index contributed by atoms with van der Waals surface area (Å²) in [5.41, 5.74) is 1.55. The molecule has 0 aliphatic heterocycles. The molecule has 0 saturated carbocycles. The minimum absolute atomic E-state index is 0.475. The summed E-state index contributed by atoms with van der Waals surface area (Å²) in [6, 6.07) is 5.46. The second-order valence-corrected chi connectivity index (χ2v) is 7.10. The van der Waals surface area contributed by atoms with E-state index in [1.54, 1.807) is 19.2 Å². The third-order valence-corrected chi connectivity index (χ3v) is 4.55. The Morgan fingerprint density at radius 2 is 2.00 bits per heavy atom. The largest absolute Gasteiger partial charge is 0.320 e. The zero-order valence-corrected chi connectivity index (χ0v) is 13.8. The van der Waals surface area contributed by atoms with Gasteiger partial charge in [-0.2, -0.15) is 12.7 Å². The maximum Gasteiger partial charge on any atom is 0.301 e. The minimum atomic E-state index is -3.49. The first-order valence-corrected chi connectivity index (χ1v) is 8.24. The molecule has 0 radical (unpaired) electrons. The number of rotatable bonds is 7. The van der Waals surface area contributed by atoms with Crippen LogP contribution in [0.25, 0.3) is 0 Å². The monoisotopic (exact) mass is 349 g/mol. The van der Waals surface area contributed by atoms with Crippen LogP contribution in [0.3, 0.4) is 0 Å². The van der Waals surface area contributed by atoms with Crippen LogP contribution in [0.2, 0.25) is 0 Å². The van der Waals surface area contributed by atoms with Crippen LogP contribution in [-0.4, -0.2) is 39.9 Å². The van der Waals surface area contributed by atoms with E-state index in [0.717, 1.165) is 23.0 Å². The molecule has 0 unspecified atom stereocenters. The van der Waals surface area contributed by atoms with Crippen molar-refractivity contribution in [3.8, 4) is 0 Å². The number of aryl methyl sites for hydroxylation is 1. The first-order valence-electron chi connectivity index (χ1n) is 6.01. The molecule has 0 spiro atoms. The molecule has 1 aromatic carbocycles. The zero-order chi connectivity index (χ0) is 14.5. The molecule has 108 valence electrons. The third kappa shape index (κ3) is 5.48. The van der Waals surface area contributed by atoms with Gasteiger partial charge in [-0.1, -0.05) is 15.9 Å². The van der Waals surface area contributed by atoms with Crippen LogP contribution in [-0.2, 0) is 10.2 Å². The molecule has 0 saturated heterocycles. The summed E-state index contributed by atoms with van der Waals surface area (Å²) in [4.78, 5) is 0. The highest BCUT2D eigenvalue weighted by atomic mass is 79.9. The van der Waals surface area contributed by atoms with E-state index < -0.39 is 10.2 Å². The van der Waals surface area contributed by atoms with E-state index >= 15 is 0 Å². The number of nitrogens with one attached hydrogen (secondary N) is 2. The standard InChI is InChI=1S/C12H20BrN3O2S/c1-10-7-11(13)9-12(8-10)15-19(17,18)16(3)6-4-5-14-2/h7-9,14-15H,4-6H2,1-3H3. The number of anilines is 1. The summed E-state index contributed by atoms with van der Waals surface area (Å²) in [5.74, 6) is 0. The van der Waals surface area contributed by atoms with Gasteiger partial charge in [0.25, 0.3) is 0 Å². The maximum atomic E-state index is 12.1. The Bertz CT molecular complexity index is 499. The Morgan fingerprint density at radius 3 is 2.58 bits per heavy atom. The van der Waals surface area contributed by atoms with E-state index in [-0.39, 0.29) is 0 Å². The number of halogens is 1. The maximum absolute atomic E-state index is 12.1. The minimum Gasteiger partial charge on any atom is -0.320 e. The molecule has 19 heavy (non-hydrogen) atoms. The highest BCUT2D eigenvalue weighted by Gasteiger charge is 2.17. The summed E-state index contributed by atoms with van der Waals surface area (Å²) in [7, 11) is -0.0761. The smallest absolute Gasteiger partial charge is 0.301 e. The molecule has 0 amide bonds. The van der Waals surface area contributed by atoms with Gasteiger partial charge in [-0.3, -0.25) is 4.72 Å². The summed E-state index contributed by atoms with van der Waals surface area (Å²) < 4.78 is 28.9. The Morgan fingerprint density at radius 1 is 1.32 bits per heavy atom. The third-order valence-electron chi connectivity index (χ3n) is 2.60. The predicted octanol–water partition coefficient (Wildman–Crippen LogP) is 1.96. The SMILES string of the molecule is CNCCCN(C)S(=O)(=O)Nc1cc(C)cc(Br)c1. The van der Waals surface area contributed by atoms with E-state index in [1.807, 2.05) is 20.0 Å². The topological polar surface area (TPSA) is 61.4 Å². The molecule has 7 heteroatoms. The Labute approximate surface area is 123 Å². The van der Waals surface area contributed by atoms with Gasteiger partial charge in [-0.25, -0.2) is 0 Å². The molecule has 1 aromatic rings. The van der Waals surface area contributed by atoms with Crippen LogP contribution < -0.4 is 10.0 Å². The number of hydrogen-bond donors (Lipinski definition) is 2. The normalized spacial score (nSPS) is 11.8. The van der Waals surface area contributed by atoms with E-state index in [1.165, 1.54) is 4.31 Å². The van der Waals surface area contributed by atoms with Gasteiger partial charge in [-0.15, -0.1) is 0 Å². The van der Waals surface area contributed by atoms with Crippen molar-refractivity contribution in [2.45, 2.75) is 13.3 Å². The summed E-state index contributed by atoms with van der Waals surface area (Å²) in [6.45, 7) is 3.18. The summed E-state index contributed by atoms with van der Waals surface area (Å²) in [6.07, 6.45) is 0.769. The van der Waals surface area contributed by atoms with Crippen LogP contribution in [0.4, 0.5) is 5.69 Å². The van der Waals surface area contributed by atoms with E-state index in [2.05, 4.69) is 26.0 Å². The number of benzene rings is 1. The molecule has 2 N–H and O–H groups in total. The molecule has 5 nitrogen and oxygen atoms in total. The van der Waals surface area contributed by atoms with Crippen LogP contribution in [0, 0.1) is 6.92 Å². The lowest BCUT2D eigenvalue weighted by Crippen LogP contribution is -2.34. The molecule has 0 heterocycles. The van der Waals surface area contributed by atoms with E-state index in [4.69, 9.17) is 0 Å². The highest BCUT2D eigenvalue weighted by Crippen LogP contribution is 2.20. The molecule has 1 rings (SSSR count). The lowest BCUT2D eigenvalue weighted by Gasteiger charge is -2.18. The van der Waals surface area contributed by atoms with Gasteiger partial charge < -0.3 is 5.32 Å². The van der Waals surface area contributed by atoms with Crippen molar-refractivity contribution in [1.82, 2.24) is 9.62 Å². The lowest BCUT2D eigenvalue weighted by atomic mass is 10.2. The van der Waals surface area contributed by atoms with Crippen LogP contribution in [0.5, 0.6) is 0 Å². The predicted molar refractivity (Wildman–Crippen MR) is 82.6 cm³/mol.